The summed E-state index contributed by atoms with van der Waals surface area (Å²) < 4.78 is 0. The molecule has 0 radical (unpaired) electrons. The Labute approximate surface area is 130 Å². The van der Waals surface area contributed by atoms with Gasteiger partial charge in [-0.05, 0) is 0 Å². The zero-order valence-corrected chi connectivity index (χ0v) is 13.6. The molecule has 2 aromatic heterocycles. The lowest BCUT2D eigenvalue weighted by Gasteiger charge is -2.14. The predicted octanol–water partition coefficient (Wildman–Crippen LogP) is 2.25. The fraction of sp³-hybridized carbons (Fsp3) is 0.385. The smallest absolute Gasteiger partial charge is 0.251 e. The van der Waals surface area contributed by atoms with Crippen molar-refractivity contribution in [3.63, 3.8) is 0 Å². The number of carbonyl (C=O) groups excluding carboxylic acids is 1. The number of hydrogen-bond acceptors (Lipinski definition) is 6. The van der Waals surface area contributed by atoms with Crippen LogP contribution in [0, 0.1) is 0 Å². The van der Waals surface area contributed by atoms with Crippen LogP contribution in [0.2, 0.25) is 0 Å². The first-order chi connectivity index (χ1) is 9.84. The van der Waals surface area contributed by atoms with E-state index in [0.717, 1.165) is 5.69 Å². The van der Waals surface area contributed by atoms with Gasteiger partial charge >= 0.3 is 0 Å². The Bertz CT molecular complexity index is 688. The Kier molecular flexibility index (Phi) is 4.79. The van der Waals surface area contributed by atoms with E-state index in [4.69, 9.17) is 0 Å². The van der Waals surface area contributed by atoms with Crippen LogP contribution in [0.15, 0.2) is 27.6 Å². The third-order valence-electron chi connectivity index (χ3n) is 2.51. The number of rotatable bonds is 4. The standard InChI is InChI=1S/C13H16N4O2S2/c1-13(2,3)8-6-20-12(15-8)17-10(19)7-21-11-14-5-4-9(18)16-11/h4-6H,7H2,1-3H3,(H,14,16,18)(H,15,17,19). The van der Waals surface area contributed by atoms with Crippen molar-refractivity contribution in [1.29, 1.82) is 0 Å². The summed E-state index contributed by atoms with van der Waals surface area (Å²) in [6, 6.07) is 1.33. The molecule has 21 heavy (non-hydrogen) atoms. The van der Waals surface area contributed by atoms with Gasteiger partial charge in [-0.1, -0.05) is 32.5 Å². The second kappa shape index (κ2) is 6.40. The molecular formula is C13H16N4O2S2. The molecule has 0 saturated heterocycles. The maximum Gasteiger partial charge on any atom is 0.251 e. The van der Waals surface area contributed by atoms with E-state index in [1.54, 1.807) is 0 Å². The van der Waals surface area contributed by atoms with Crippen molar-refractivity contribution in [1.82, 2.24) is 15.0 Å². The Morgan fingerprint density at radius 2 is 2.24 bits per heavy atom. The van der Waals surface area contributed by atoms with E-state index in [2.05, 4.69) is 41.0 Å². The maximum absolute atomic E-state index is 11.8. The lowest BCUT2D eigenvalue weighted by Crippen LogP contribution is -2.16. The van der Waals surface area contributed by atoms with E-state index in [1.165, 1.54) is 35.4 Å². The number of thioether (sulfide) groups is 1. The second-order valence-corrected chi connectivity index (χ2v) is 7.19. The van der Waals surface area contributed by atoms with Gasteiger partial charge in [-0.2, -0.15) is 0 Å². The summed E-state index contributed by atoms with van der Waals surface area (Å²) in [7, 11) is 0. The molecular weight excluding hydrogens is 308 g/mol. The summed E-state index contributed by atoms with van der Waals surface area (Å²) in [4.78, 5) is 33.9. The first-order valence-corrected chi connectivity index (χ1v) is 8.15. The first kappa shape index (κ1) is 15.7. The number of H-pyrrole nitrogens is 1. The fourth-order valence-electron chi connectivity index (χ4n) is 1.39. The number of amides is 1. The predicted molar refractivity (Wildman–Crippen MR) is 85.0 cm³/mol. The monoisotopic (exact) mass is 324 g/mol. The van der Waals surface area contributed by atoms with Gasteiger partial charge in [-0.3, -0.25) is 9.59 Å². The Hall–Kier alpha value is -1.67. The molecule has 0 fully saturated rings. The number of hydrogen-bond donors (Lipinski definition) is 2. The van der Waals surface area contributed by atoms with Crippen LogP contribution >= 0.6 is 23.1 Å². The molecule has 0 aliphatic rings. The molecule has 0 saturated carbocycles. The van der Waals surface area contributed by atoms with Crippen molar-refractivity contribution in [2.45, 2.75) is 31.3 Å². The minimum Gasteiger partial charge on any atom is -0.301 e. The largest absolute Gasteiger partial charge is 0.301 e. The molecule has 2 rings (SSSR count). The minimum atomic E-state index is -0.234. The van der Waals surface area contributed by atoms with Crippen molar-refractivity contribution >= 4 is 34.1 Å². The van der Waals surface area contributed by atoms with Gasteiger partial charge in [0.2, 0.25) is 5.91 Å². The highest BCUT2D eigenvalue weighted by molar-refractivity contribution is 7.99. The second-order valence-electron chi connectivity index (χ2n) is 5.36. The number of nitrogens with zero attached hydrogens (tertiary/aromatic N) is 2. The number of carbonyl (C=O) groups is 1. The van der Waals surface area contributed by atoms with Crippen molar-refractivity contribution in [3.05, 3.63) is 33.7 Å². The van der Waals surface area contributed by atoms with Crippen LogP contribution in [-0.2, 0) is 10.2 Å². The maximum atomic E-state index is 11.8. The summed E-state index contributed by atoms with van der Waals surface area (Å²) in [5.74, 6) is -0.0153. The van der Waals surface area contributed by atoms with Crippen molar-refractivity contribution in [2.75, 3.05) is 11.1 Å². The molecule has 112 valence electrons. The Morgan fingerprint density at radius 1 is 1.48 bits per heavy atom. The summed E-state index contributed by atoms with van der Waals surface area (Å²) in [6.07, 6.45) is 1.41. The molecule has 0 spiro atoms. The highest BCUT2D eigenvalue weighted by atomic mass is 32.2. The fourth-order valence-corrected chi connectivity index (χ4v) is 2.99. The molecule has 2 aromatic rings. The molecule has 2 heterocycles. The third kappa shape index (κ3) is 4.68. The van der Waals surface area contributed by atoms with E-state index in [1.807, 2.05) is 5.38 Å². The lowest BCUT2D eigenvalue weighted by molar-refractivity contribution is -0.113. The third-order valence-corrected chi connectivity index (χ3v) is 4.15. The van der Waals surface area contributed by atoms with E-state index >= 15 is 0 Å². The normalized spacial score (nSPS) is 11.4. The van der Waals surface area contributed by atoms with Crippen LogP contribution < -0.4 is 10.9 Å². The summed E-state index contributed by atoms with van der Waals surface area (Å²) in [5, 5.41) is 5.70. The van der Waals surface area contributed by atoms with Crippen molar-refractivity contribution < 1.29 is 4.79 Å². The minimum absolute atomic E-state index is 0.0400. The molecule has 0 aliphatic carbocycles. The van der Waals surface area contributed by atoms with Crippen LogP contribution in [-0.4, -0.2) is 26.6 Å². The van der Waals surface area contributed by atoms with Gasteiger partial charge in [0.1, 0.15) is 0 Å². The summed E-state index contributed by atoms with van der Waals surface area (Å²) in [5.41, 5.74) is 0.675. The van der Waals surface area contributed by atoms with E-state index in [0.29, 0.717) is 10.3 Å². The highest BCUT2D eigenvalue weighted by Crippen LogP contribution is 2.26. The van der Waals surface area contributed by atoms with Crippen LogP contribution in [0.3, 0.4) is 0 Å². The molecule has 0 aromatic carbocycles. The van der Waals surface area contributed by atoms with Gasteiger partial charge in [-0.25, -0.2) is 9.97 Å². The average Bonchev–Trinajstić information content (AvgIpc) is 2.85. The van der Waals surface area contributed by atoms with E-state index in [9.17, 15) is 9.59 Å². The van der Waals surface area contributed by atoms with E-state index < -0.39 is 0 Å². The number of anilines is 1. The number of thiazole rings is 1. The van der Waals surface area contributed by atoms with Gasteiger partial charge in [0.25, 0.3) is 5.56 Å². The number of aromatic nitrogens is 3. The zero-order valence-electron chi connectivity index (χ0n) is 12.0. The number of nitrogens with one attached hydrogen (secondary N) is 2. The molecule has 1 amide bonds. The van der Waals surface area contributed by atoms with Crippen LogP contribution in [0.25, 0.3) is 0 Å². The molecule has 0 unspecified atom stereocenters. The van der Waals surface area contributed by atoms with Crippen LogP contribution in [0.5, 0.6) is 0 Å². The van der Waals surface area contributed by atoms with Gasteiger partial charge in [0.15, 0.2) is 10.3 Å². The van der Waals surface area contributed by atoms with Gasteiger partial charge in [-0.15, -0.1) is 11.3 Å². The highest BCUT2D eigenvalue weighted by Gasteiger charge is 2.18. The number of aromatic amines is 1. The van der Waals surface area contributed by atoms with Gasteiger partial charge in [0.05, 0.1) is 11.4 Å². The average molecular weight is 324 g/mol. The van der Waals surface area contributed by atoms with Crippen molar-refractivity contribution in [3.8, 4) is 0 Å². The van der Waals surface area contributed by atoms with Gasteiger partial charge in [0, 0.05) is 23.1 Å². The quantitative estimate of drug-likeness (QED) is 0.665. The van der Waals surface area contributed by atoms with Crippen LogP contribution in [0.1, 0.15) is 26.5 Å². The topological polar surface area (TPSA) is 87.7 Å². The summed E-state index contributed by atoms with van der Waals surface area (Å²) in [6.45, 7) is 6.21. The van der Waals surface area contributed by atoms with Crippen LogP contribution in [0.4, 0.5) is 5.13 Å². The summed E-state index contributed by atoms with van der Waals surface area (Å²) >= 11 is 2.58. The molecule has 0 atom stereocenters. The van der Waals surface area contributed by atoms with Crippen molar-refractivity contribution in [2.24, 2.45) is 0 Å². The molecule has 0 bridgehead atoms. The Balaban J connectivity index is 1.90. The van der Waals surface area contributed by atoms with Gasteiger partial charge < -0.3 is 10.3 Å². The molecule has 0 aliphatic heterocycles. The molecule has 8 heteroatoms. The first-order valence-electron chi connectivity index (χ1n) is 6.28. The van der Waals surface area contributed by atoms with E-state index in [-0.39, 0.29) is 22.6 Å². The SMILES string of the molecule is CC(C)(C)c1csc(NC(=O)CSc2nccc(=O)[nH]2)n1. The zero-order chi connectivity index (χ0) is 15.5. The Morgan fingerprint density at radius 3 is 2.86 bits per heavy atom. The molecule has 6 nitrogen and oxygen atoms in total. The molecule has 2 N–H and O–H groups in total. The lowest BCUT2D eigenvalue weighted by atomic mass is 9.93.